The number of nitrogens with zero attached hydrogens (tertiary/aromatic N) is 1. The molecule has 2 heterocycles. The lowest BCUT2D eigenvalue weighted by Crippen LogP contribution is -2.15. The van der Waals surface area contributed by atoms with E-state index in [9.17, 15) is 9.59 Å². The molecule has 2 aromatic carbocycles. The van der Waals surface area contributed by atoms with Gasteiger partial charge in [0, 0.05) is 17.2 Å². The second-order valence-electron chi connectivity index (χ2n) is 8.77. The Morgan fingerprint density at radius 2 is 1.88 bits per heavy atom. The van der Waals surface area contributed by atoms with Gasteiger partial charge in [0.15, 0.2) is 5.58 Å². The van der Waals surface area contributed by atoms with Crippen LogP contribution >= 0.6 is 0 Å². The van der Waals surface area contributed by atoms with E-state index in [1.165, 1.54) is 0 Å². The van der Waals surface area contributed by atoms with E-state index >= 15 is 0 Å². The van der Waals surface area contributed by atoms with Crippen LogP contribution in [0.4, 0.5) is 5.69 Å². The highest BCUT2D eigenvalue weighted by Gasteiger charge is 2.23. The Balaban J connectivity index is 1.59. The fraction of sp³-hybridized carbons (Fsp3) is 0.280. The van der Waals surface area contributed by atoms with Crippen molar-refractivity contribution in [3.63, 3.8) is 0 Å². The van der Waals surface area contributed by atoms with Gasteiger partial charge in [-0.3, -0.25) is 9.36 Å². The minimum Gasteiger partial charge on any atom is -0.497 e. The van der Waals surface area contributed by atoms with Gasteiger partial charge in [-0.2, -0.15) is 0 Å². The summed E-state index contributed by atoms with van der Waals surface area (Å²) in [6, 6.07) is 14.4. The molecule has 1 amide bonds. The van der Waals surface area contributed by atoms with Crippen LogP contribution in [0.5, 0.6) is 5.75 Å². The number of nitrogens with one attached hydrogen (secondary N) is 1. The van der Waals surface area contributed by atoms with Crippen molar-refractivity contribution in [2.45, 2.75) is 39.7 Å². The number of hydrogen-bond acceptors (Lipinski definition) is 5. The van der Waals surface area contributed by atoms with Crippen LogP contribution in [-0.2, 0) is 12.0 Å². The van der Waals surface area contributed by atoms with Crippen molar-refractivity contribution in [2.24, 2.45) is 0 Å². The van der Waals surface area contributed by atoms with Gasteiger partial charge >= 0.3 is 5.76 Å². The number of oxazole rings is 1. The van der Waals surface area contributed by atoms with Crippen LogP contribution in [0.15, 0.2) is 62.2 Å². The SMILES string of the molecule is COc1cccc(Cn2c(=O)oc3cc(NC(=O)c4cc(C(C)(C)C)oc4C)ccc32)c1. The third-order valence-corrected chi connectivity index (χ3v) is 5.30. The molecule has 0 spiro atoms. The molecule has 0 aliphatic heterocycles. The summed E-state index contributed by atoms with van der Waals surface area (Å²) in [4.78, 5) is 25.3. The predicted molar refractivity (Wildman–Crippen MR) is 123 cm³/mol. The summed E-state index contributed by atoms with van der Waals surface area (Å²) < 4.78 is 18.0. The molecule has 0 bridgehead atoms. The molecule has 7 heteroatoms. The van der Waals surface area contributed by atoms with Crippen molar-refractivity contribution in [3.8, 4) is 5.75 Å². The van der Waals surface area contributed by atoms with E-state index in [2.05, 4.69) is 5.32 Å². The quantitative estimate of drug-likeness (QED) is 0.472. The molecule has 166 valence electrons. The number of hydrogen-bond donors (Lipinski definition) is 1. The van der Waals surface area contributed by atoms with Crippen molar-refractivity contribution in [3.05, 3.63) is 81.7 Å². The molecule has 0 fully saturated rings. The summed E-state index contributed by atoms with van der Waals surface area (Å²) >= 11 is 0. The van der Waals surface area contributed by atoms with Crippen LogP contribution in [0.1, 0.15) is 48.2 Å². The van der Waals surface area contributed by atoms with Crippen LogP contribution in [0.2, 0.25) is 0 Å². The standard InChI is InChI=1S/C25H26N2O5/c1-15-19(13-22(31-15)25(2,3)4)23(28)26-17-9-10-20-21(12-17)32-24(29)27(20)14-16-7-6-8-18(11-16)30-5/h6-13H,14H2,1-5H3,(H,26,28). The Hall–Kier alpha value is -3.74. The maximum atomic E-state index is 12.8. The van der Waals surface area contributed by atoms with E-state index in [1.54, 1.807) is 42.9 Å². The molecular formula is C25H26N2O5. The van der Waals surface area contributed by atoms with E-state index in [0.717, 1.165) is 17.1 Å². The molecule has 4 aromatic rings. The summed E-state index contributed by atoms with van der Waals surface area (Å²) in [5.41, 5.74) is 2.77. The lowest BCUT2D eigenvalue weighted by atomic mass is 9.93. The van der Waals surface area contributed by atoms with E-state index in [0.29, 0.717) is 34.7 Å². The summed E-state index contributed by atoms with van der Waals surface area (Å²) in [6.07, 6.45) is 0. The second-order valence-corrected chi connectivity index (χ2v) is 8.77. The number of aromatic nitrogens is 1. The van der Waals surface area contributed by atoms with Crippen LogP contribution in [0.25, 0.3) is 11.1 Å². The van der Waals surface area contributed by atoms with E-state index in [1.807, 2.05) is 45.0 Å². The average molecular weight is 434 g/mol. The zero-order valence-corrected chi connectivity index (χ0v) is 18.8. The first-order valence-electron chi connectivity index (χ1n) is 10.3. The van der Waals surface area contributed by atoms with E-state index in [-0.39, 0.29) is 11.3 Å². The third-order valence-electron chi connectivity index (χ3n) is 5.30. The number of ether oxygens (including phenoxy) is 1. The molecule has 0 radical (unpaired) electrons. The number of rotatable bonds is 5. The van der Waals surface area contributed by atoms with Crippen LogP contribution in [-0.4, -0.2) is 17.6 Å². The first-order valence-corrected chi connectivity index (χ1v) is 10.3. The zero-order chi connectivity index (χ0) is 23.0. The van der Waals surface area contributed by atoms with E-state index in [4.69, 9.17) is 13.6 Å². The van der Waals surface area contributed by atoms with E-state index < -0.39 is 5.76 Å². The number of benzene rings is 2. The highest BCUT2D eigenvalue weighted by molar-refractivity contribution is 6.05. The number of furan rings is 1. The number of fused-ring (bicyclic) bond motifs is 1. The second kappa shape index (κ2) is 8.07. The fourth-order valence-electron chi connectivity index (χ4n) is 3.52. The average Bonchev–Trinajstić information content (AvgIpc) is 3.28. The molecule has 0 aliphatic carbocycles. The third kappa shape index (κ3) is 4.19. The predicted octanol–water partition coefficient (Wildman–Crippen LogP) is 5.10. The summed E-state index contributed by atoms with van der Waals surface area (Å²) in [7, 11) is 1.60. The van der Waals surface area contributed by atoms with Crippen LogP contribution in [0, 0.1) is 6.92 Å². The maximum absolute atomic E-state index is 12.8. The number of aryl methyl sites for hydroxylation is 1. The summed E-state index contributed by atoms with van der Waals surface area (Å²) in [6.45, 7) is 8.20. The molecule has 0 aliphatic rings. The first-order chi connectivity index (χ1) is 15.2. The number of carbonyl (C=O) groups excluding carboxylic acids is 1. The molecule has 7 nitrogen and oxygen atoms in total. The molecule has 0 saturated heterocycles. The van der Waals surface area contributed by atoms with Gasteiger partial charge in [-0.25, -0.2) is 4.79 Å². The minimum absolute atomic E-state index is 0.197. The minimum atomic E-state index is -0.466. The van der Waals surface area contributed by atoms with Crippen molar-refractivity contribution in [1.82, 2.24) is 4.57 Å². The molecule has 2 aromatic heterocycles. The highest BCUT2D eigenvalue weighted by Crippen LogP contribution is 2.28. The Morgan fingerprint density at radius 3 is 2.56 bits per heavy atom. The maximum Gasteiger partial charge on any atom is 0.420 e. The summed E-state index contributed by atoms with van der Waals surface area (Å²) in [5.74, 6) is 1.28. The number of amides is 1. The lowest BCUT2D eigenvalue weighted by molar-refractivity contribution is 0.102. The topological polar surface area (TPSA) is 86.6 Å². The molecule has 32 heavy (non-hydrogen) atoms. The lowest BCUT2D eigenvalue weighted by Gasteiger charge is -2.13. The van der Waals surface area contributed by atoms with Gasteiger partial charge in [0.1, 0.15) is 17.3 Å². The van der Waals surface area contributed by atoms with Crippen LogP contribution in [0.3, 0.4) is 0 Å². The van der Waals surface area contributed by atoms with Gasteiger partial charge < -0.3 is 18.9 Å². The summed E-state index contributed by atoms with van der Waals surface area (Å²) in [5, 5.41) is 2.86. The van der Waals surface area contributed by atoms with Crippen molar-refractivity contribution >= 4 is 22.7 Å². The molecule has 1 N–H and O–H groups in total. The van der Waals surface area contributed by atoms with Gasteiger partial charge in [-0.15, -0.1) is 0 Å². The smallest absolute Gasteiger partial charge is 0.420 e. The number of carbonyl (C=O) groups is 1. The van der Waals surface area contributed by atoms with Crippen molar-refractivity contribution < 1.29 is 18.4 Å². The van der Waals surface area contributed by atoms with Crippen molar-refractivity contribution in [1.29, 1.82) is 0 Å². The van der Waals surface area contributed by atoms with Gasteiger partial charge in [0.2, 0.25) is 0 Å². The fourth-order valence-corrected chi connectivity index (χ4v) is 3.52. The molecular weight excluding hydrogens is 408 g/mol. The molecule has 0 unspecified atom stereocenters. The Labute approximate surface area is 185 Å². The monoisotopic (exact) mass is 434 g/mol. The molecule has 0 atom stereocenters. The number of methoxy groups -OCH3 is 1. The molecule has 4 rings (SSSR count). The van der Waals surface area contributed by atoms with Gasteiger partial charge in [-0.1, -0.05) is 32.9 Å². The van der Waals surface area contributed by atoms with Gasteiger partial charge in [0.05, 0.1) is 24.7 Å². The van der Waals surface area contributed by atoms with Gasteiger partial charge in [-0.05, 0) is 42.8 Å². The Morgan fingerprint density at radius 1 is 1.09 bits per heavy atom. The zero-order valence-electron chi connectivity index (χ0n) is 18.8. The first kappa shape index (κ1) is 21.5. The normalized spacial score (nSPS) is 11.7. The van der Waals surface area contributed by atoms with Crippen LogP contribution < -0.4 is 15.8 Å². The Bertz CT molecular complexity index is 1350. The Kier molecular flexibility index (Phi) is 5.42. The van der Waals surface area contributed by atoms with Gasteiger partial charge in [0.25, 0.3) is 5.91 Å². The molecule has 0 saturated carbocycles. The number of anilines is 1. The largest absolute Gasteiger partial charge is 0.497 e. The van der Waals surface area contributed by atoms with Crippen molar-refractivity contribution in [2.75, 3.05) is 12.4 Å². The highest BCUT2D eigenvalue weighted by atomic mass is 16.5.